The van der Waals surface area contributed by atoms with E-state index in [1.807, 2.05) is 0 Å². The maximum atomic E-state index is 12.8. The summed E-state index contributed by atoms with van der Waals surface area (Å²) in [6.45, 7) is 3.65. The highest BCUT2D eigenvalue weighted by Gasteiger charge is 2.40. The maximum Gasteiger partial charge on any atom is 0.245 e. The standard InChI is InChI=1S/C21H29ClN2O4/c1-2-3-9-23-20(26)21(7-5-4-6-8-21)24-18(25)14-15-12-16(22)19-17(13-15)27-10-11-28-19/h12-13H,2-11,14H2,1H3,(H,23,26)(H,24,25). The normalized spacial score (nSPS) is 17.6. The van der Waals surface area contributed by atoms with E-state index in [0.717, 1.165) is 37.7 Å². The number of carbonyl (C=O) groups excluding carboxylic acids is 2. The molecule has 1 aromatic carbocycles. The second-order valence-electron chi connectivity index (χ2n) is 7.58. The summed E-state index contributed by atoms with van der Waals surface area (Å²) in [6.07, 6.45) is 6.43. The summed E-state index contributed by atoms with van der Waals surface area (Å²) in [4.78, 5) is 25.6. The number of carbonyl (C=O) groups is 2. The van der Waals surface area contributed by atoms with Crippen molar-refractivity contribution < 1.29 is 19.1 Å². The van der Waals surface area contributed by atoms with Crippen LogP contribution >= 0.6 is 11.6 Å². The second-order valence-corrected chi connectivity index (χ2v) is 7.99. The van der Waals surface area contributed by atoms with Crippen molar-refractivity contribution in [2.24, 2.45) is 0 Å². The Balaban J connectivity index is 1.68. The smallest absolute Gasteiger partial charge is 0.245 e. The van der Waals surface area contributed by atoms with Crippen molar-refractivity contribution in [1.82, 2.24) is 10.6 Å². The lowest BCUT2D eigenvalue weighted by atomic mass is 9.80. The average Bonchev–Trinajstić information content (AvgIpc) is 2.68. The van der Waals surface area contributed by atoms with Gasteiger partial charge in [-0.05, 0) is 37.0 Å². The minimum Gasteiger partial charge on any atom is -0.486 e. The molecular weight excluding hydrogens is 380 g/mol. The minimum absolute atomic E-state index is 0.0609. The molecule has 0 radical (unpaired) electrons. The van der Waals surface area contributed by atoms with E-state index >= 15 is 0 Å². The van der Waals surface area contributed by atoms with Gasteiger partial charge in [-0.2, -0.15) is 0 Å². The molecule has 1 heterocycles. The molecule has 0 saturated heterocycles. The average molecular weight is 409 g/mol. The first kappa shape index (κ1) is 20.8. The van der Waals surface area contributed by atoms with Crippen molar-refractivity contribution in [3.05, 3.63) is 22.7 Å². The molecule has 0 atom stereocenters. The molecule has 1 aliphatic carbocycles. The van der Waals surface area contributed by atoms with Crippen molar-refractivity contribution in [2.75, 3.05) is 19.8 Å². The number of amides is 2. The molecule has 1 aliphatic heterocycles. The number of halogens is 1. The van der Waals surface area contributed by atoms with Crippen LogP contribution < -0.4 is 20.1 Å². The van der Waals surface area contributed by atoms with Gasteiger partial charge in [0.15, 0.2) is 11.5 Å². The van der Waals surface area contributed by atoms with E-state index in [1.54, 1.807) is 12.1 Å². The predicted molar refractivity (Wildman–Crippen MR) is 108 cm³/mol. The molecule has 2 amide bonds. The zero-order chi connectivity index (χ0) is 20.0. The number of benzene rings is 1. The first-order valence-electron chi connectivity index (χ1n) is 10.2. The van der Waals surface area contributed by atoms with E-state index in [9.17, 15) is 9.59 Å². The number of fused-ring (bicyclic) bond motifs is 1. The van der Waals surface area contributed by atoms with E-state index in [1.165, 1.54) is 0 Å². The van der Waals surface area contributed by atoms with Crippen LogP contribution in [0.25, 0.3) is 0 Å². The Hall–Kier alpha value is -1.95. The highest BCUT2D eigenvalue weighted by molar-refractivity contribution is 6.32. The van der Waals surface area contributed by atoms with Gasteiger partial charge in [0.25, 0.3) is 0 Å². The van der Waals surface area contributed by atoms with Crippen LogP contribution in [0.15, 0.2) is 12.1 Å². The van der Waals surface area contributed by atoms with Crippen LogP contribution in [0, 0.1) is 0 Å². The number of hydrogen-bond acceptors (Lipinski definition) is 4. The predicted octanol–water partition coefficient (Wildman–Crippen LogP) is 3.39. The molecule has 3 rings (SSSR count). The van der Waals surface area contributed by atoms with Crippen molar-refractivity contribution in [3.63, 3.8) is 0 Å². The summed E-state index contributed by atoms with van der Waals surface area (Å²) in [5.41, 5.74) is -0.0650. The molecule has 0 aromatic heterocycles. The summed E-state index contributed by atoms with van der Waals surface area (Å²) < 4.78 is 11.1. The van der Waals surface area contributed by atoms with Crippen LogP contribution in [0.3, 0.4) is 0 Å². The Morgan fingerprint density at radius 2 is 1.89 bits per heavy atom. The van der Waals surface area contributed by atoms with Crippen LogP contribution in [0.4, 0.5) is 0 Å². The van der Waals surface area contributed by atoms with Crippen LogP contribution in [-0.4, -0.2) is 37.1 Å². The topological polar surface area (TPSA) is 76.7 Å². The molecule has 1 fully saturated rings. The van der Waals surface area contributed by atoms with Crippen LogP contribution in [-0.2, 0) is 16.0 Å². The first-order chi connectivity index (χ1) is 13.5. The summed E-state index contributed by atoms with van der Waals surface area (Å²) in [5.74, 6) is 0.844. The Bertz CT molecular complexity index is 717. The monoisotopic (exact) mass is 408 g/mol. The second kappa shape index (κ2) is 9.50. The molecule has 1 aromatic rings. The molecule has 7 heteroatoms. The van der Waals surface area contributed by atoms with Gasteiger partial charge in [0.1, 0.15) is 18.8 Å². The largest absolute Gasteiger partial charge is 0.486 e. The third-order valence-corrected chi connectivity index (χ3v) is 5.64. The summed E-state index contributed by atoms with van der Waals surface area (Å²) in [5, 5.41) is 6.48. The number of nitrogens with one attached hydrogen (secondary N) is 2. The van der Waals surface area contributed by atoms with Gasteiger partial charge in [-0.1, -0.05) is 44.2 Å². The van der Waals surface area contributed by atoms with Gasteiger partial charge >= 0.3 is 0 Å². The van der Waals surface area contributed by atoms with Gasteiger partial charge in [-0.25, -0.2) is 0 Å². The Morgan fingerprint density at radius 1 is 1.14 bits per heavy atom. The fraction of sp³-hybridized carbons (Fsp3) is 0.619. The highest BCUT2D eigenvalue weighted by Crippen LogP contribution is 2.38. The fourth-order valence-electron chi connectivity index (χ4n) is 3.87. The van der Waals surface area contributed by atoms with Gasteiger partial charge in [0.2, 0.25) is 11.8 Å². The van der Waals surface area contributed by atoms with E-state index in [-0.39, 0.29) is 18.2 Å². The zero-order valence-corrected chi connectivity index (χ0v) is 17.2. The molecule has 2 N–H and O–H groups in total. The molecular formula is C21H29ClN2O4. The molecule has 154 valence electrons. The van der Waals surface area contributed by atoms with Crippen LogP contribution in [0.2, 0.25) is 5.02 Å². The van der Waals surface area contributed by atoms with Gasteiger partial charge in [-0.3, -0.25) is 9.59 Å². The SMILES string of the molecule is CCCCNC(=O)C1(NC(=O)Cc2cc(Cl)c3c(c2)OCCO3)CCCCC1. The Morgan fingerprint density at radius 3 is 2.64 bits per heavy atom. The van der Waals surface area contributed by atoms with Crippen LogP contribution in [0.5, 0.6) is 11.5 Å². The third-order valence-electron chi connectivity index (χ3n) is 5.36. The maximum absolute atomic E-state index is 12.8. The Labute approximate surface area is 171 Å². The van der Waals surface area contributed by atoms with Gasteiger partial charge in [-0.15, -0.1) is 0 Å². The first-order valence-corrected chi connectivity index (χ1v) is 10.6. The molecule has 0 unspecified atom stereocenters. The molecule has 0 spiro atoms. The van der Waals surface area contributed by atoms with E-state index in [2.05, 4.69) is 17.6 Å². The van der Waals surface area contributed by atoms with Gasteiger partial charge in [0.05, 0.1) is 11.4 Å². The summed E-state index contributed by atoms with van der Waals surface area (Å²) in [7, 11) is 0. The minimum atomic E-state index is -0.805. The summed E-state index contributed by atoms with van der Waals surface area (Å²) in [6, 6.07) is 3.51. The van der Waals surface area contributed by atoms with Crippen molar-refractivity contribution in [3.8, 4) is 11.5 Å². The Kier molecular flexibility index (Phi) is 7.05. The van der Waals surface area contributed by atoms with Gasteiger partial charge < -0.3 is 20.1 Å². The van der Waals surface area contributed by atoms with E-state index in [4.69, 9.17) is 21.1 Å². The van der Waals surface area contributed by atoms with Crippen molar-refractivity contribution in [1.29, 1.82) is 0 Å². The molecule has 28 heavy (non-hydrogen) atoms. The number of ether oxygens (including phenoxy) is 2. The number of hydrogen-bond donors (Lipinski definition) is 2. The fourth-order valence-corrected chi connectivity index (χ4v) is 4.16. The van der Waals surface area contributed by atoms with Crippen molar-refractivity contribution in [2.45, 2.75) is 63.8 Å². The summed E-state index contributed by atoms with van der Waals surface area (Å²) >= 11 is 6.27. The zero-order valence-electron chi connectivity index (χ0n) is 16.4. The highest BCUT2D eigenvalue weighted by atomic mass is 35.5. The van der Waals surface area contributed by atoms with Crippen LogP contribution in [0.1, 0.15) is 57.4 Å². The quantitative estimate of drug-likeness (QED) is 0.678. The molecule has 2 aliphatic rings. The lowest BCUT2D eigenvalue weighted by molar-refractivity contribution is -0.134. The third kappa shape index (κ3) is 4.90. The molecule has 6 nitrogen and oxygen atoms in total. The molecule has 1 saturated carbocycles. The molecule has 0 bridgehead atoms. The van der Waals surface area contributed by atoms with E-state index in [0.29, 0.717) is 49.1 Å². The van der Waals surface area contributed by atoms with Crippen molar-refractivity contribution >= 4 is 23.4 Å². The number of rotatable bonds is 7. The lowest BCUT2D eigenvalue weighted by Crippen LogP contribution is -2.60. The lowest BCUT2D eigenvalue weighted by Gasteiger charge is -2.36. The van der Waals surface area contributed by atoms with Gasteiger partial charge in [0, 0.05) is 6.54 Å². The number of unbranched alkanes of at least 4 members (excludes halogenated alkanes) is 1. The van der Waals surface area contributed by atoms with E-state index < -0.39 is 5.54 Å².